The molecule has 1 saturated heterocycles. The van der Waals surface area contributed by atoms with Gasteiger partial charge in [0.15, 0.2) is 0 Å². The third-order valence-electron chi connectivity index (χ3n) is 5.16. The molecule has 1 aliphatic rings. The second-order valence-corrected chi connectivity index (χ2v) is 12.2. The van der Waals surface area contributed by atoms with Crippen molar-refractivity contribution < 1.29 is 9.53 Å². The predicted molar refractivity (Wildman–Crippen MR) is 106 cm³/mol. The summed E-state index contributed by atoms with van der Waals surface area (Å²) in [5.41, 5.74) is 0. The van der Waals surface area contributed by atoms with E-state index in [2.05, 4.69) is 86.8 Å². The Labute approximate surface area is 152 Å². The van der Waals surface area contributed by atoms with Crippen molar-refractivity contribution in [1.82, 2.24) is 5.32 Å². The quantitative estimate of drug-likeness (QED) is 0.809. The largest absolute Gasteiger partial charge is 0.403 e. The van der Waals surface area contributed by atoms with Crippen LogP contribution in [0.4, 0.5) is 0 Å². The maximum Gasteiger partial charge on any atom is 0.261 e. The minimum Gasteiger partial charge on any atom is -0.403 e. The van der Waals surface area contributed by atoms with E-state index in [1.165, 1.54) is 10.4 Å². The van der Waals surface area contributed by atoms with Crippen molar-refractivity contribution in [3.05, 3.63) is 60.7 Å². The maximum atomic E-state index is 9.47. The first-order valence-corrected chi connectivity index (χ1v) is 11.0. The smallest absolute Gasteiger partial charge is 0.261 e. The van der Waals surface area contributed by atoms with Crippen LogP contribution in [0.25, 0.3) is 0 Å². The lowest BCUT2D eigenvalue weighted by atomic mass is 10.2. The minimum atomic E-state index is -2.48. The highest BCUT2D eigenvalue weighted by atomic mass is 28.4. The standard InChI is InChI=1S/C21H29NO2Si/c1-21(2,3)25(19-10-6-4-7-11-19,20-12-8-5-9-13-20)24-18-14-17(16-23)22-15-18/h4-13,17-18,22-23H,14-16H2,1-3H3. The highest BCUT2D eigenvalue weighted by Crippen LogP contribution is 2.38. The van der Waals surface area contributed by atoms with Gasteiger partial charge in [-0.1, -0.05) is 81.4 Å². The second kappa shape index (κ2) is 7.42. The topological polar surface area (TPSA) is 41.5 Å². The van der Waals surface area contributed by atoms with E-state index in [1.54, 1.807) is 0 Å². The Bertz CT molecular complexity index is 630. The number of nitrogens with one attached hydrogen (secondary N) is 1. The molecule has 2 unspecified atom stereocenters. The van der Waals surface area contributed by atoms with E-state index in [1.807, 2.05) is 0 Å². The fraction of sp³-hybridized carbons (Fsp3) is 0.429. The second-order valence-electron chi connectivity index (χ2n) is 7.93. The predicted octanol–water partition coefficient (Wildman–Crippen LogP) is 2.29. The molecular weight excluding hydrogens is 326 g/mol. The Morgan fingerprint density at radius 2 is 1.52 bits per heavy atom. The van der Waals surface area contributed by atoms with E-state index in [0.29, 0.717) is 0 Å². The Morgan fingerprint density at radius 3 is 1.92 bits per heavy atom. The van der Waals surface area contributed by atoms with Crippen LogP contribution in [-0.2, 0) is 4.43 Å². The van der Waals surface area contributed by atoms with Gasteiger partial charge in [0.1, 0.15) is 0 Å². The molecule has 1 aliphatic heterocycles. The molecule has 0 amide bonds. The van der Waals surface area contributed by atoms with Gasteiger partial charge in [0.2, 0.25) is 0 Å². The monoisotopic (exact) mass is 355 g/mol. The zero-order valence-electron chi connectivity index (χ0n) is 15.4. The van der Waals surface area contributed by atoms with Gasteiger partial charge in [0.25, 0.3) is 8.32 Å². The number of benzene rings is 2. The van der Waals surface area contributed by atoms with Gasteiger partial charge in [-0.25, -0.2) is 0 Å². The van der Waals surface area contributed by atoms with E-state index in [4.69, 9.17) is 4.43 Å². The fourth-order valence-electron chi connectivity index (χ4n) is 3.95. The van der Waals surface area contributed by atoms with Crippen molar-refractivity contribution in [2.45, 2.75) is 44.4 Å². The lowest BCUT2D eigenvalue weighted by Crippen LogP contribution is -2.67. The van der Waals surface area contributed by atoms with Crippen molar-refractivity contribution >= 4 is 18.7 Å². The van der Waals surface area contributed by atoms with Crippen LogP contribution in [-0.4, -0.2) is 38.7 Å². The van der Waals surface area contributed by atoms with E-state index in [-0.39, 0.29) is 23.8 Å². The van der Waals surface area contributed by atoms with E-state index >= 15 is 0 Å². The van der Waals surface area contributed by atoms with Crippen LogP contribution in [0.1, 0.15) is 27.2 Å². The molecule has 2 aromatic carbocycles. The minimum absolute atomic E-state index is 0.00694. The van der Waals surface area contributed by atoms with Gasteiger partial charge in [0.05, 0.1) is 12.7 Å². The third-order valence-corrected chi connectivity index (χ3v) is 10.3. The van der Waals surface area contributed by atoms with E-state index < -0.39 is 8.32 Å². The molecule has 0 aliphatic carbocycles. The van der Waals surface area contributed by atoms with Gasteiger partial charge >= 0.3 is 0 Å². The first-order valence-electron chi connectivity index (χ1n) is 9.10. The molecule has 0 spiro atoms. The van der Waals surface area contributed by atoms with Crippen molar-refractivity contribution in [2.75, 3.05) is 13.2 Å². The summed E-state index contributed by atoms with van der Waals surface area (Å²) >= 11 is 0. The van der Waals surface area contributed by atoms with Gasteiger partial charge < -0.3 is 14.8 Å². The maximum absolute atomic E-state index is 9.47. The van der Waals surface area contributed by atoms with Crippen molar-refractivity contribution in [2.24, 2.45) is 0 Å². The summed E-state index contributed by atoms with van der Waals surface area (Å²) in [4.78, 5) is 0. The SMILES string of the molecule is CC(C)(C)[Si](OC1CNC(CO)C1)(c1ccccc1)c1ccccc1. The molecular formula is C21H29NO2Si. The molecule has 25 heavy (non-hydrogen) atoms. The van der Waals surface area contributed by atoms with Crippen molar-refractivity contribution in [1.29, 1.82) is 0 Å². The van der Waals surface area contributed by atoms with Crippen molar-refractivity contribution in [3.63, 3.8) is 0 Å². The first kappa shape index (κ1) is 18.3. The van der Waals surface area contributed by atoms with Crippen LogP contribution in [0, 0.1) is 0 Å². The zero-order chi connectivity index (χ0) is 17.9. The molecule has 2 N–H and O–H groups in total. The molecule has 4 heteroatoms. The molecule has 1 heterocycles. The summed E-state index contributed by atoms with van der Waals surface area (Å²) in [6.45, 7) is 7.86. The lowest BCUT2D eigenvalue weighted by molar-refractivity contribution is 0.194. The summed E-state index contributed by atoms with van der Waals surface area (Å²) in [6.07, 6.45) is 0.990. The fourth-order valence-corrected chi connectivity index (χ4v) is 8.65. The Balaban J connectivity index is 2.09. The van der Waals surface area contributed by atoms with Crippen LogP contribution >= 0.6 is 0 Å². The number of aliphatic hydroxyl groups excluding tert-OH is 1. The Morgan fingerprint density at radius 1 is 1.00 bits per heavy atom. The molecule has 0 saturated carbocycles. The molecule has 134 valence electrons. The molecule has 0 aromatic heterocycles. The number of hydrogen-bond acceptors (Lipinski definition) is 3. The Kier molecular flexibility index (Phi) is 5.44. The highest BCUT2D eigenvalue weighted by Gasteiger charge is 2.51. The van der Waals surface area contributed by atoms with Crippen LogP contribution < -0.4 is 15.7 Å². The average molecular weight is 356 g/mol. The van der Waals surface area contributed by atoms with Gasteiger partial charge in [-0.05, 0) is 21.8 Å². The third kappa shape index (κ3) is 3.58. The normalized spacial score (nSPS) is 21.4. The number of hydrogen-bond donors (Lipinski definition) is 2. The summed E-state index contributed by atoms with van der Waals surface area (Å²) < 4.78 is 7.03. The molecule has 3 nitrogen and oxygen atoms in total. The van der Waals surface area contributed by atoms with Crippen LogP contribution in [0.2, 0.25) is 5.04 Å². The van der Waals surface area contributed by atoms with Gasteiger partial charge in [-0.15, -0.1) is 0 Å². The summed E-state index contributed by atoms with van der Waals surface area (Å²) in [6, 6.07) is 21.6. The van der Waals surface area contributed by atoms with Crippen LogP contribution in [0.15, 0.2) is 60.7 Å². The van der Waals surface area contributed by atoms with Gasteiger partial charge in [-0.2, -0.15) is 0 Å². The summed E-state index contributed by atoms with van der Waals surface area (Å²) in [5.74, 6) is 0. The van der Waals surface area contributed by atoms with Gasteiger partial charge in [0, 0.05) is 12.6 Å². The van der Waals surface area contributed by atoms with Crippen LogP contribution in [0.5, 0.6) is 0 Å². The van der Waals surface area contributed by atoms with Crippen LogP contribution in [0.3, 0.4) is 0 Å². The number of aliphatic hydroxyl groups is 1. The zero-order valence-corrected chi connectivity index (χ0v) is 16.4. The summed E-state index contributed by atoms with van der Waals surface area (Å²) in [5, 5.41) is 15.5. The van der Waals surface area contributed by atoms with E-state index in [9.17, 15) is 5.11 Å². The molecule has 3 rings (SSSR count). The lowest BCUT2D eigenvalue weighted by Gasteiger charge is -2.44. The molecule has 2 aromatic rings. The molecule has 2 atom stereocenters. The molecule has 0 bridgehead atoms. The number of rotatable bonds is 5. The van der Waals surface area contributed by atoms with Crippen molar-refractivity contribution in [3.8, 4) is 0 Å². The first-order chi connectivity index (χ1) is 12.0. The van der Waals surface area contributed by atoms with Gasteiger partial charge in [-0.3, -0.25) is 0 Å². The average Bonchev–Trinajstić information content (AvgIpc) is 3.08. The summed E-state index contributed by atoms with van der Waals surface area (Å²) in [7, 11) is -2.48. The highest BCUT2D eigenvalue weighted by molar-refractivity contribution is 6.99. The molecule has 1 fully saturated rings. The van der Waals surface area contributed by atoms with E-state index in [0.717, 1.165) is 13.0 Å². The molecule has 0 radical (unpaired) electrons. The Hall–Kier alpha value is -1.46.